The molecule has 0 aromatic rings. The number of nitrogens with one attached hydrogen (secondary N) is 1. The fourth-order valence-corrected chi connectivity index (χ4v) is 3.28. The van der Waals surface area contributed by atoms with E-state index in [1.807, 2.05) is 0 Å². The fourth-order valence-electron chi connectivity index (χ4n) is 3.28. The van der Waals surface area contributed by atoms with Crippen molar-refractivity contribution in [3.63, 3.8) is 0 Å². The van der Waals surface area contributed by atoms with Gasteiger partial charge in [0.15, 0.2) is 0 Å². The molecule has 0 aromatic heterocycles. The predicted molar refractivity (Wildman–Crippen MR) is 77.8 cm³/mol. The van der Waals surface area contributed by atoms with Crippen LogP contribution in [0.3, 0.4) is 0 Å². The topological polar surface area (TPSA) is 35.5 Å². The third-order valence-electron chi connectivity index (χ3n) is 3.83. The van der Waals surface area contributed by atoms with Crippen LogP contribution in [0.25, 0.3) is 0 Å². The normalized spacial score (nSPS) is 29.5. The average Bonchev–Trinajstić information content (AvgIpc) is 2.59. The van der Waals surface area contributed by atoms with Crippen molar-refractivity contribution in [2.24, 2.45) is 5.41 Å². The minimum atomic E-state index is -0.0506. The van der Waals surface area contributed by atoms with Gasteiger partial charge in [0.2, 0.25) is 0 Å². The van der Waals surface area contributed by atoms with E-state index in [-0.39, 0.29) is 12.1 Å². The maximum atomic E-state index is 9.72. The maximum absolute atomic E-state index is 9.72. The molecule has 0 heterocycles. The molecule has 3 heteroatoms. The summed E-state index contributed by atoms with van der Waals surface area (Å²) in [5, 5.41) is 13.3. The van der Waals surface area contributed by atoms with Crippen LogP contribution in [-0.4, -0.2) is 47.8 Å². The Balaban J connectivity index is 2.58. The molecule has 0 amide bonds. The van der Waals surface area contributed by atoms with Crippen LogP contribution in [0.1, 0.15) is 53.9 Å². The Morgan fingerprint density at radius 1 is 1.39 bits per heavy atom. The van der Waals surface area contributed by atoms with Crippen LogP contribution < -0.4 is 5.32 Å². The van der Waals surface area contributed by atoms with Gasteiger partial charge in [0.25, 0.3) is 0 Å². The van der Waals surface area contributed by atoms with Crippen LogP contribution in [0.4, 0.5) is 0 Å². The zero-order valence-electron chi connectivity index (χ0n) is 13.1. The monoisotopic (exact) mass is 256 g/mol. The Labute approximate surface area is 113 Å². The lowest BCUT2D eigenvalue weighted by atomic mass is 9.94. The molecule has 1 aliphatic carbocycles. The van der Waals surface area contributed by atoms with Crippen molar-refractivity contribution in [2.45, 2.75) is 71.5 Å². The third-order valence-corrected chi connectivity index (χ3v) is 3.83. The van der Waals surface area contributed by atoms with Crippen molar-refractivity contribution in [3.8, 4) is 0 Å². The fraction of sp³-hybridized carbons (Fsp3) is 1.00. The highest BCUT2D eigenvalue weighted by atomic mass is 16.3. The molecule has 0 saturated heterocycles. The smallest absolute Gasteiger partial charge is 0.0614 e. The van der Waals surface area contributed by atoms with Crippen LogP contribution in [0.15, 0.2) is 0 Å². The molecule has 18 heavy (non-hydrogen) atoms. The number of nitrogens with zero attached hydrogens (tertiary/aromatic N) is 1. The number of hydrogen-bond donors (Lipinski definition) is 2. The summed E-state index contributed by atoms with van der Waals surface area (Å²) in [6, 6.07) is 1.03. The van der Waals surface area contributed by atoms with E-state index in [2.05, 4.69) is 51.9 Å². The maximum Gasteiger partial charge on any atom is 0.0614 e. The second-order valence-electron chi connectivity index (χ2n) is 7.61. The van der Waals surface area contributed by atoms with Gasteiger partial charge in [-0.15, -0.1) is 0 Å². The van der Waals surface area contributed by atoms with Crippen molar-refractivity contribution in [1.82, 2.24) is 10.2 Å². The van der Waals surface area contributed by atoms with Crippen LogP contribution >= 0.6 is 0 Å². The van der Waals surface area contributed by atoms with Gasteiger partial charge in [0.05, 0.1) is 6.61 Å². The Hall–Kier alpha value is -0.120. The molecule has 3 nitrogen and oxygen atoms in total. The van der Waals surface area contributed by atoms with E-state index in [1.54, 1.807) is 0 Å². The summed E-state index contributed by atoms with van der Waals surface area (Å²) in [7, 11) is 2.22. The highest BCUT2D eigenvalue weighted by Gasteiger charge is 2.40. The van der Waals surface area contributed by atoms with E-state index in [0.717, 1.165) is 19.4 Å². The minimum Gasteiger partial charge on any atom is -0.394 e. The van der Waals surface area contributed by atoms with E-state index in [1.165, 1.54) is 6.42 Å². The van der Waals surface area contributed by atoms with Gasteiger partial charge in [0, 0.05) is 24.2 Å². The lowest BCUT2D eigenvalue weighted by Crippen LogP contribution is -2.51. The number of aliphatic hydroxyl groups excluding tert-OH is 1. The van der Waals surface area contributed by atoms with Crippen molar-refractivity contribution in [1.29, 1.82) is 0 Å². The first-order chi connectivity index (χ1) is 8.17. The summed E-state index contributed by atoms with van der Waals surface area (Å²) >= 11 is 0. The standard InChI is InChI=1S/C15H32N2O/c1-12(2)16-15(11-18)8-7-13(9-15)17(6)10-14(3,4)5/h12-13,16,18H,7-11H2,1-6H3. The Bertz CT molecular complexity index is 260. The Kier molecular flexibility index (Phi) is 5.22. The van der Waals surface area contributed by atoms with Crippen molar-refractivity contribution < 1.29 is 5.11 Å². The Morgan fingerprint density at radius 3 is 2.44 bits per heavy atom. The van der Waals surface area contributed by atoms with Crippen LogP contribution in [0.5, 0.6) is 0 Å². The second-order valence-corrected chi connectivity index (χ2v) is 7.61. The molecule has 2 unspecified atom stereocenters. The van der Waals surface area contributed by atoms with E-state index < -0.39 is 0 Å². The van der Waals surface area contributed by atoms with Crippen LogP contribution in [0.2, 0.25) is 0 Å². The van der Waals surface area contributed by atoms with Gasteiger partial charge >= 0.3 is 0 Å². The molecular weight excluding hydrogens is 224 g/mol. The minimum absolute atomic E-state index is 0.0506. The molecule has 1 saturated carbocycles. The third kappa shape index (κ3) is 4.52. The highest BCUT2D eigenvalue weighted by Crippen LogP contribution is 2.34. The molecule has 1 rings (SSSR count). The summed E-state index contributed by atoms with van der Waals surface area (Å²) in [5.41, 5.74) is 0.287. The second kappa shape index (κ2) is 5.89. The van der Waals surface area contributed by atoms with Gasteiger partial charge in [-0.3, -0.25) is 0 Å². The van der Waals surface area contributed by atoms with Gasteiger partial charge in [-0.2, -0.15) is 0 Å². The zero-order valence-corrected chi connectivity index (χ0v) is 13.1. The molecule has 0 spiro atoms. The molecule has 1 aliphatic rings. The van der Waals surface area contributed by atoms with Crippen molar-refractivity contribution >= 4 is 0 Å². The molecule has 2 N–H and O–H groups in total. The number of aliphatic hydroxyl groups is 1. The van der Waals surface area contributed by atoms with Crippen molar-refractivity contribution in [2.75, 3.05) is 20.2 Å². The predicted octanol–water partition coefficient (Wildman–Crippen LogP) is 2.25. The van der Waals surface area contributed by atoms with Gasteiger partial charge < -0.3 is 15.3 Å². The summed E-state index contributed by atoms with van der Waals surface area (Å²) in [4.78, 5) is 2.47. The number of rotatable bonds is 5. The largest absolute Gasteiger partial charge is 0.394 e. The van der Waals surface area contributed by atoms with E-state index in [4.69, 9.17) is 0 Å². The van der Waals surface area contributed by atoms with Gasteiger partial charge in [-0.05, 0) is 31.7 Å². The molecule has 0 aliphatic heterocycles. The zero-order chi connectivity index (χ0) is 14.0. The SMILES string of the molecule is CC(C)NC1(CO)CCC(N(C)CC(C)(C)C)C1. The van der Waals surface area contributed by atoms with Gasteiger partial charge in [0.1, 0.15) is 0 Å². The average molecular weight is 256 g/mol. The lowest BCUT2D eigenvalue weighted by Gasteiger charge is -2.34. The molecule has 1 fully saturated rings. The van der Waals surface area contributed by atoms with Crippen LogP contribution in [-0.2, 0) is 0 Å². The summed E-state index contributed by atoms with van der Waals surface area (Å²) in [6.07, 6.45) is 3.34. The lowest BCUT2D eigenvalue weighted by molar-refractivity contribution is 0.130. The molecule has 2 atom stereocenters. The number of hydrogen-bond acceptors (Lipinski definition) is 3. The molecule has 0 aromatic carbocycles. The summed E-state index contributed by atoms with van der Waals surface area (Å²) in [6.45, 7) is 12.5. The van der Waals surface area contributed by atoms with E-state index in [0.29, 0.717) is 17.5 Å². The summed E-state index contributed by atoms with van der Waals surface area (Å²) < 4.78 is 0. The van der Waals surface area contributed by atoms with E-state index in [9.17, 15) is 5.11 Å². The quantitative estimate of drug-likeness (QED) is 0.792. The first-order valence-electron chi connectivity index (χ1n) is 7.26. The molecule has 0 radical (unpaired) electrons. The summed E-state index contributed by atoms with van der Waals surface area (Å²) in [5.74, 6) is 0. The molecule has 108 valence electrons. The van der Waals surface area contributed by atoms with Crippen molar-refractivity contribution in [3.05, 3.63) is 0 Å². The highest BCUT2D eigenvalue weighted by molar-refractivity contribution is 5.00. The van der Waals surface area contributed by atoms with Gasteiger partial charge in [-0.1, -0.05) is 34.6 Å². The van der Waals surface area contributed by atoms with Gasteiger partial charge in [-0.25, -0.2) is 0 Å². The molecule has 0 bridgehead atoms. The first-order valence-corrected chi connectivity index (χ1v) is 7.26. The molecular formula is C15H32N2O. The van der Waals surface area contributed by atoms with E-state index >= 15 is 0 Å². The first kappa shape index (κ1) is 15.9. The Morgan fingerprint density at radius 2 is 2.00 bits per heavy atom. The van der Waals surface area contributed by atoms with Crippen LogP contribution in [0, 0.1) is 5.41 Å².